The van der Waals surface area contributed by atoms with Gasteiger partial charge in [0.25, 0.3) is 0 Å². The van der Waals surface area contributed by atoms with Crippen molar-refractivity contribution in [1.82, 2.24) is 19.7 Å². The molecular formula is C9H8BrN5. The van der Waals surface area contributed by atoms with Gasteiger partial charge in [-0.25, -0.2) is 9.97 Å². The summed E-state index contributed by atoms with van der Waals surface area (Å²) in [6.07, 6.45) is 3.16. The summed E-state index contributed by atoms with van der Waals surface area (Å²) < 4.78 is 1.67. The maximum atomic E-state index is 8.98. The Morgan fingerprint density at radius 2 is 2.40 bits per heavy atom. The molecular weight excluding hydrogens is 258 g/mol. The van der Waals surface area contributed by atoms with E-state index in [2.05, 4.69) is 37.1 Å². The lowest BCUT2D eigenvalue weighted by Gasteiger charge is -2.04. The van der Waals surface area contributed by atoms with E-state index < -0.39 is 0 Å². The second-order valence-electron chi connectivity index (χ2n) is 3.10. The summed E-state index contributed by atoms with van der Waals surface area (Å²) in [7, 11) is 1.81. The lowest BCUT2D eigenvalue weighted by molar-refractivity contribution is 0.784. The molecule has 0 fully saturated rings. The second kappa shape index (κ2) is 3.95. The summed E-state index contributed by atoms with van der Waals surface area (Å²) in [6, 6.07) is 2.20. The Labute approximate surface area is 94.9 Å². The molecule has 0 spiro atoms. The van der Waals surface area contributed by atoms with Crippen LogP contribution in [0, 0.1) is 11.3 Å². The van der Waals surface area contributed by atoms with Crippen LogP contribution in [0.1, 0.15) is 11.6 Å². The lowest BCUT2D eigenvalue weighted by Crippen LogP contribution is -2.02. The lowest BCUT2D eigenvalue weighted by atomic mass is 10.1. The quantitative estimate of drug-likeness (QED) is 0.770. The van der Waals surface area contributed by atoms with Crippen molar-refractivity contribution >= 4 is 27.0 Å². The van der Waals surface area contributed by atoms with E-state index in [-0.39, 0.29) is 5.92 Å². The summed E-state index contributed by atoms with van der Waals surface area (Å²) in [5, 5.41) is 14.5. The van der Waals surface area contributed by atoms with Gasteiger partial charge in [-0.3, -0.25) is 4.68 Å². The largest absolute Gasteiger partial charge is 0.250 e. The van der Waals surface area contributed by atoms with Crippen molar-refractivity contribution in [1.29, 1.82) is 5.26 Å². The Kier molecular flexibility index (Phi) is 2.64. The number of halogens is 1. The van der Waals surface area contributed by atoms with Gasteiger partial charge in [0, 0.05) is 12.4 Å². The van der Waals surface area contributed by atoms with Gasteiger partial charge in [-0.15, -0.1) is 0 Å². The van der Waals surface area contributed by atoms with E-state index >= 15 is 0 Å². The zero-order valence-electron chi connectivity index (χ0n) is 8.05. The number of nitrogens with zero attached hydrogens (tertiary/aromatic N) is 5. The van der Waals surface area contributed by atoms with Crippen LogP contribution in [0.5, 0.6) is 0 Å². The fourth-order valence-electron chi connectivity index (χ4n) is 1.43. The standard InChI is InChI=1S/C9H8BrN5/c1-15-9-7(4-14-15)8(12-5-13-9)6(2-10)3-11/h4-6H,2H2,1H3. The molecule has 0 saturated heterocycles. The monoisotopic (exact) mass is 265 g/mol. The van der Waals surface area contributed by atoms with Crippen LogP contribution in [-0.2, 0) is 7.05 Å². The van der Waals surface area contributed by atoms with Crippen LogP contribution in [0.2, 0.25) is 0 Å². The minimum Gasteiger partial charge on any atom is -0.250 e. The highest BCUT2D eigenvalue weighted by Crippen LogP contribution is 2.22. The molecule has 0 amide bonds. The fourth-order valence-corrected chi connectivity index (χ4v) is 1.88. The maximum absolute atomic E-state index is 8.98. The van der Waals surface area contributed by atoms with Crippen molar-refractivity contribution in [2.45, 2.75) is 5.92 Å². The highest BCUT2D eigenvalue weighted by Gasteiger charge is 2.16. The van der Waals surface area contributed by atoms with Crippen LogP contribution in [0.4, 0.5) is 0 Å². The predicted molar refractivity (Wildman–Crippen MR) is 58.5 cm³/mol. The van der Waals surface area contributed by atoms with Gasteiger partial charge >= 0.3 is 0 Å². The average molecular weight is 266 g/mol. The topological polar surface area (TPSA) is 67.4 Å². The molecule has 6 heteroatoms. The van der Waals surface area contributed by atoms with Gasteiger partial charge in [0.1, 0.15) is 6.33 Å². The van der Waals surface area contributed by atoms with Crippen molar-refractivity contribution in [2.24, 2.45) is 7.05 Å². The zero-order chi connectivity index (χ0) is 10.8. The molecule has 0 aliphatic carbocycles. The summed E-state index contributed by atoms with van der Waals surface area (Å²) in [4.78, 5) is 8.26. The van der Waals surface area contributed by atoms with E-state index in [9.17, 15) is 0 Å². The molecule has 0 saturated carbocycles. The molecule has 0 aliphatic rings. The first-order valence-electron chi connectivity index (χ1n) is 4.36. The molecule has 2 aromatic rings. The summed E-state index contributed by atoms with van der Waals surface area (Å²) in [5.41, 5.74) is 1.48. The molecule has 76 valence electrons. The van der Waals surface area contributed by atoms with Crippen molar-refractivity contribution in [2.75, 3.05) is 5.33 Å². The van der Waals surface area contributed by atoms with Gasteiger partial charge in [-0.1, -0.05) is 15.9 Å². The molecule has 1 atom stereocenters. The highest BCUT2D eigenvalue weighted by atomic mass is 79.9. The van der Waals surface area contributed by atoms with Crippen molar-refractivity contribution in [3.63, 3.8) is 0 Å². The van der Waals surface area contributed by atoms with Crippen LogP contribution < -0.4 is 0 Å². The van der Waals surface area contributed by atoms with E-state index in [1.165, 1.54) is 6.33 Å². The fraction of sp³-hybridized carbons (Fsp3) is 0.333. The summed E-state index contributed by atoms with van der Waals surface area (Å²) in [6.45, 7) is 0. The van der Waals surface area contributed by atoms with Crippen LogP contribution in [0.25, 0.3) is 11.0 Å². The van der Waals surface area contributed by atoms with Gasteiger partial charge in [0.2, 0.25) is 0 Å². The summed E-state index contributed by atoms with van der Waals surface area (Å²) >= 11 is 3.30. The smallest absolute Gasteiger partial charge is 0.161 e. The third-order valence-corrected chi connectivity index (χ3v) is 2.85. The second-order valence-corrected chi connectivity index (χ2v) is 3.75. The first-order chi connectivity index (χ1) is 7.27. The van der Waals surface area contributed by atoms with Crippen LogP contribution in [0.3, 0.4) is 0 Å². The first kappa shape index (κ1) is 10.1. The van der Waals surface area contributed by atoms with Crippen molar-refractivity contribution in [3.8, 4) is 6.07 Å². The number of alkyl halides is 1. The van der Waals surface area contributed by atoms with Gasteiger partial charge < -0.3 is 0 Å². The minimum absolute atomic E-state index is 0.264. The first-order valence-corrected chi connectivity index (χ1v) is 5.48. The number of hydrogen-bond donors (Lipinski definition) is 0. The summed E-state index contributed by atoms with van der Waals surface area (Å²) in [5.74, 6) is -0.264. The Morgan fingerprint density at radius 1 is 1.60 bits per heavy atom. The zero-order valence-corrected chi connectivity index (χ0v) is 9.64. The van der Waals surface area contributed by atoms with Crippen LogP contribution in [0.15, 0.2) is 12.5 Å². The molecule has 0 aromatic carbocycles. The molecule has 1 unspecified atom stereocenters. The van der Waals surface area contributed by atoms with E-state index in [1.54, 1.807) is 10.9 Å². The molecule has 0 radical (unpaired) electrons. The Bertz CT molecular complexity index is 527. The number of aromatic nitrogens is 4. The van der Waals surface area contributed by atoms with E-state index in [0.29, 0.717) is 5.33 Å². The molecule has 0 aliphatic heterocycles. The number of hydrogen-bond acceptors (Lipinski definition) is 4. The van der Waals surface area contributed by atoms with Crippen molar-refractivity contribution in [3.05, 3.63) is 18.2 Å². The predicted octanol–water partition coefficient (Wildman–Crippen LogP) is 1.37. The molecule has 5 nitrogen and oxygen atoms in total. The maximum Gasteiger partial charge on any atom is 0.161 e. The Balaban J connectivity index is 2.66. The number of fused-ring (bicyclic) bond motifs is 1. The highest BCUT2D eigenvalue weighted by molar-refractivity contribution is 9.09. The third kappa shape index (κ3) is 1.59. The number of aryl methyl sites for hydroxylation is 1. The van der Waals surface area contributed by atoms with Gasteiger partial charge in [-0.2, -0.15) is 10.4 Å². The van der Waals surface area contributed by atoms with E-state index in [4.69, 9.17) is 5.26 Å². The molecule has 0 bridgehead atoms. The normalized spacial score (nSPS) is 12.6. The van der Waals surface area contributed by atoms with E-state index in [1.807, 2.05) is 7.05 Å². The molecule has 2 aromatic heterocycles. The SMILES string of the molecule is Cn1ncc2c(C(C#N)CBr)ncnc21. The van der Waals surface area contributed by atoms with Gasteiger partial charge in [0.15, 0.2) is 5.65 Å². The number of nitriles is 1. The Hall–Kier alpha value is -1.48. The average Bonchev–Trinajstić information content (AvgIpc) is 2.64. The van der Waals surface area contributed by atoms with Gasteiger partial charge in [0.05, 0.1) is 29.3 Å². The van der Waals surface area contributed by atoms with Crippen molar-refractivity contribution < 1.29 is 0 Å². The molecule has 2 heterocycles. The minimum atomic E-state index is -0.264. The van der Waals surface area contributed by atoms with E-state index in [0.717, 1.165) is 16.7 Å². The molecule has 0 N–H and O–H groups in total. The van der Waals surface area contributed by atoms with Gasteiger partial charge in [-0.05, 0) is 0 Å². The van der Waals surface area contributed by atoms with Crippen LogP contribution >= 0.6 is 15.9 Å². The molecule has 2 rings (SSSR count). The number of rotatable bonds is 2. The Morgan fingerprint density at radius 3 is 3.07 bits per heavy atom. The molecule has 15 heavy (non-hydrogen) atoms. The van der Waals surface area contributed by atoms with Crippen LogP contribution in [-0.4, -0.2) is 25.1 Å². The third-order valence-electron chi connectivity index (χ3n) is 2.20.